The number of halogens is 8. The fraction of sp³-hybridized carbons (Fsp3) is 0.179. The summed E-state index contributed by atoms with van der Waals surface area (Å²) in [5.41, 5.74) is 3.27. The summed E-state index contributed by atoms with van der Waals surface area (Å²) in [7, 11) is 2.93. The Morgan fingerprint density at radius 1 is 0.845 bits per heavy atom. The van der Waals surface area contributed by atoms with E-state index in [1.54, 1.807) is 31.2 Å². The van der Waals surface area contributed by atoms with Gasteiger partial charge >= 0.3 is 11.9 Å². The molecule has 0 saturated heterocycles. The number of esters is 2. The van der Waals surface area contributed by atoms with Crippen LogP contribution in [0.2, 0.25) is 10.0 Å². The van der Waals surface area contributed by atoms with Crippen LogP contribution in [0, 0.1) is 34.9 Å². The molecule has 3 N–H and O–H groups in total. The zero-order chi connectivity index (χ0) is 42.5. The summed E-state index contributed by atoms with van der Waals surface area (Å²) in [6.45, 7) is 3.08. The number of Topliss-reactive ketones (excluding diaryl/α,β-unsaturated/α-hetero) is 1. The first kappa shape index (κ1) is 46.2. The molecule has 0 fully saturated rings. The molecular weight excluding hydrogens is 823 g/mol. The molecule has 0 aliphatic carbocycles. The van der Waals surface area contributed by atoms with Crippen LogP contribution in [0.25, 0.3) is 16.6 Å². The van der Waals surface area contributed by atoms with Crippen molar-refractivity contribution in [3.05, 3.63) is 133 Å². The predicted molar refractivity (Wildman–Crippen MR) is 204 cm³/mol. The maximum Gasteiger partial charge on any atom is 0.343 e. The van der Waals surface area contributed by atoms with Crippen LogP contribution in [0.4, 0.5) is 32.0 Å². The quantitative estimate of drug-likeness (QED) is 0.0152. The van der Waals surface area contributed by atoms with E-state index in [0.29, 0.717) is 21.4 Å². The van der Waals surface area contributed by atoms with Gasteiger partial charge in [-0.15, -0.1) is 0 Å². The van der Waals surface area contributed by atoms with Crippen molar-refractivity contribution >= 4 is 57.5 Å². The van der Waals surface area contributed by atoms with Crippen molar-refractivity contribution in [1.29, 1.82) is 0 Å². The van der Waals surface area contributed by atoms with E-state index in [-0.39, 0.29) is 54.7 Å². The Bertz CT molecular complexity index is 2510. The molecule has 0 unspecified atom stereocenters. The fourth-order valence-electron chi connectivity index (χ4n) is 4.99. The number of phenolic OH excluding ortho intramolecular Hbond substituents is 1. The van der Waals surface area contributed by atoms with Crippen LogP contribution in [0.3, 0.4) is 0 Å². The number of nitrogens with two attached hydrogens (primary N) is 1. The summed E-state index contributed by atoms with van der Waals surface area (Å²) >= 11 is 11.4. The van der Waals surface area contributed by atoms with Crippen LogP contribution in [-0.2, 0) is 14.3 Å². The average molecular weight is 857 g/mol. The van der Waals surface area contributed by atoms with Gasteiger partial charge in [0.15, 0.2) is 40.6 Å². The number of nitrogens with zero attached hydrogens (tertiary/aromatic N) is 2. The number of anilines is 1. The van der Waals surface area contributed by atoms with Gasteiger partial charge in [0.05, 0.1) is 35.5 Å². The number of fused-ring (bicyclic) bond motifs is 2. The number of nitrogen functional groups attached to an aromatic ring is 1. The minimum Gasteiger partial charge on any atom is -0.506 e. The number of carbonyl (C=O) groups excluding carboxylic acids is 3. The van der Waals surface area contributed by atoms with E-state index >= 15 is 0 Å². The van der Waals surface area contributed by atoms with Gasteiger partial charge in [0.1, 0.15) is 22.4 Å². The van der Waals surface area contributed by atoms with Crippen LogP contribution < -0.4 is 15.9 Å². The summed E-state index contributed by atoms with van der Waals surface area (Å²) in [6, 6.07) is 10.1. The van der Waals surface area contributed by atoms with E-state index in [1.165, 1.54) is 48.8 Å². The Balaban J connectivity index is 0.000000255. The first-order valence-corrected chi connectivity index (χ1v) is 17.0. The largest absolute Gasteiger partial charge is 0.506 e. The second-order valence-electron chi connectivity index (χ2n) is 11.7. The fourth-order valence-corrected chi connectivity index (χ4v) is 5.32. The molecule has 1 aliphatic rings. The smallest absolute Gasteiger partial charge is 0.343 e. The van der Waals surface area contributed by atoms with Crippen molar-refractivity contribution in [2.24, 2.45) is 0 Å². The molecule has 0 saturated carbocycles. The molecule has 2 heterocycles. The summed E-state index contributed by atoms with van der Waals surface area (Å²) in [5.74, 6) is -13.8. The zero-order valence-electron chi connectivity index (χ0n) is 30.0. The molecule has 58 heavy (non-hydrogen) atoms. The van der Waals surface area contributed by atoms with Gasteiger partial charge in [0, 0.05) is 48.7 Å². The summed E-state index contributed by atoms with van der Waals surface area (Å²) in [6.07, 6.45) is 2.25. The Kier molecular flexibility index (Phi) is 15.4. The van der Waals surface area contributed by atoms with Crippen molar-refractivity contribution in [2.75, 3.05) is 33.0 Å². The topological polar surface area (TPSA) is 150 Å². The zero-order valence-corrected chi connectivity index (χ0v) is 31.5. The van der Waals surface area contributed by atoms with Gasteiger partial charge in [0.2, 0.25) is 17.0 Å². The third kappa shape index (κ3) is 9.84. The Hall–Kier alpha value is -6.20. The van der Waals surface area contributed by atoms with Gasteiger partial charge < -0.3 is 34.5 Å². The molecule has 0 atom stereocenters. The van der Waals surface area contributed by atoms with Crippen LogP contribution in [0.15, 0.2) is 71.3 Å². The van der Waals surface area contributed by atoms with Crippen LogP contribution in [-0.4, -0.2) is 59.6 Å². The molecule has 308 valence electrons. The number of carbonyl (C=O) groups is 3. The average Bonchev–Trinajstić information content (AvgIpc) is 3.16. The van der Waals surface area contributed by atoms with E-state index in [4.69, 9.17) is 43.5 Å². The lowest BCUT2D eigenvalue weighted by molar-refractivity contribution is -0.138. The first-order chi connectivity index (χ1) is 26.8. The number of phenols is 1. The maximum absolute atomic E-state index is 14.3. The lowest BCUT2D eigenvalue weighted by Gasteiger charge is -2.24. The highest BCUT2D eigenvalue weighted by molar-refractivity contribution is 6.31. The molecule has 0 spiro atoms. The SMILES string of the molecule is C.CCOC(=O)/C(=C\N(C)C)C(=O)c1cc(F)c(F)c(F)c1F.CCOC(=O)c1cn2c3c(c(F)c(F)cc3c1=O)Oc1cc(Cl)ccc1-2.Nc1ccc(Cl)cc1O. The van der Waals surface area contributed by atoms with Crippen molar-refractivity contribution < 1.29 is 60.0 Å². The summed E-state index contributed by atoms with van der Waals surface area (Å²) in [5, 5.41) is 9.51. The van der Waals surface area contributed by atoms with E-state index in [9.17, 15) is 45.5 Å². The second-order valence-corrected chi connectivity index (χ2v) is 12.6. The Morgan fingerprint density at radius 3 is 2.03 bits per heavy atom. The minimum atomic E-state index is -2.13. The third-order valence-electron chi connectivity index (χ3n) is 7.49. The molecule has 0 amide bonds. The third-order valence-corrected chi connectivity index (χ3v) is 7.96. The molecule has 0 bridgehead atoms. The number of benzene rings is 4. The van der Waals surface area contributed by atoms with E-state index in [2.05, 4.69) is 4.74 Å². The van der Waals surface area contributed by atoms with Crippen LogP contribution >= 0.6 is 23.2 Å². The standard InChI is InChI=1S/C18H10ClF2NO4.C14H13F4NO3.C6H6ClNO.CH4/c1-2-25-18(24)10-7-22-12-4-3-8(19)5-13(12)26-17-14(21)11(20)6-9(15(17)22)16(10)23;1-4-22-14(21)8(6-19(2)3)13(20)7-5-9(15)11(17)12(18)10(7)16;7-4-1-2-5(8)6(9)3-4;/h3-7H,2H2,1H3;5-6H,4H2,1-3H3;1-3,9H,8H2;1H4/b;8-6-;;. The van der Waals surface area contributed by atoms with Crippen LogP contribution in [0.5, 0.6) is 17.2 Å². The number of hydrogen-bond donors (Lipinski definition) is 2. The number of aromatic hydroxyl groups is 1. The maximum atomic E-state index is 14.3. The molecule has 1 aliphatic heterocycles. The Labute approximate surface area is 336 Å². The molecule has 6 rings (SSSR count). The number of rotatable bonds is 7. The molecule has 19 heteroatoms. The first-order valence-electron chi connectivity index (χ1n) is 16.2. The molecule has 1 aromatic heterocycles. The van der Waals surface area contributed by atoms with Crippen molar-refractivity contribution in [1.82, 2.24) is 9.47 Å². The number of ether oxygens (including phenoxy) is 3. The van der Waals surface area contributed by atoms with Gasteiger partial charge in [-0.25, -0.2) is 31.5 Å². The predicted octanol–water partition coefficient (Wildman–Crippen LogP) is 8.90. The molecule has 0 radical (unpaired) electrons. The molecule has 11 nitrogen and oxygen atoms in total. The highest BCUT2D eigenvalue weighted by Crippen LogP contribution is 2.43. The van der Waals surface area contributed by atoms with E-state index in [0.717, 1.165) is 12.3 Å². The highest BCUT2D eigenvalue weighted by Gasteiger charge is 2.30. The van der Waals surface area contributed by atoms with Crippen molar-refractivity contribution in [3.8, 4) is 22.9 Å². The Morgan fingerprint density at radius 2 is 1.45 bits per heavy atom. The number of hydrogen-bond acceptors (Lipinski definition) is 10. The van der Waals surface area contributed by atoms with Gasteiger partial charge in [-0.1, -0.05) is 30.6 Å². The van der Waals surface area contributed by atoms with Crippen molar-refractivity contribution in [3.63, 3.8) is 0 Å². The normalized spacial score (nSPS) is 11.1. The lowest BCUT2D eigenvalue weighted by Crippen LogP contribution is -2.22. The highest BCUT2D eigenvalue weighted by atomic mass is 35.5. The minimum absolute atomic E-state index is 0. The molecule has 5 aromatic rings. The second kappa shape index (κ2) is 19.3. The molecule has 4 aromatic carbocycles. The van der Waals surface area contributed by atoms with E-state index in [1.807, 2.05) is 0 Å². The summed E-state index contributed by atoms with van der Waals surface area (Å²) in [4.78, 5) is 49.9. The molecular formula is C39H33Cl2F6N3O8. The number of aromatic nitrogens is 1. The summed E-state index contributed by atoms with van der Waals surface area (Å²) < 4.78 is 97.7. The van der Waals surface area contributed by atoms with Gasteiger partial charge in [-0.3, -0.25) is 9.59 Å². The van der Waals surface area contributed by atoms with Gasteiger partial charge in [-0.2, -0.15) is 4.39 Å². The van der Waals surface area contributed by atoms with Crippen LogP contribution in [0.1, 0.15) is 42.0 Å². The lowest BCUT2D eigenvalue weighted by atomic mass is 10.0. The van der Waals surface area contributed by atoms with E-state index < -0.39 is 74.9 Å². The van der Waals surface area contributed by atoms with Gasteiger partial charge in [0.25, 0.3) is 0 Å². The van der Waals surface area contributed by atoms with Crippen molar-refractivity contribution in [2.45, 2.75) is 21.3 Å². The number of pyridine rings is 1. The van der Waals surface area contributed by atoms with Gasteiger partial charge in [-0.05, 0) is 50.2 Å². The monoisotopic (exact) mass is 855 g/mol. The number of ketones is 1.